The van der Waals surface area contributed by atoms with Gasteiger partial charge in [-0.3, -0.25) is 0 Å². The smallest absolute Gasteiger partial charge is 0.125 e. The van der Waals surface area contributed by atoms with Gasteiger partial charge in [0.25, 0.3) is 0 Å². The van der Waals surface area contributed by atoms with E-state index in [1.807, 2.05) is 24.3 Å². The van der Waals surface area contributed by atoms with Gasteiger partial charge in [-0.25, -0.2) is 0 Å². The van der Waals surface area contributed by atoms with Crippen molar-refractivity contribution >= 4 is 0 Å². The molecule has 1 N–H and O–H groups in total. The van der Waals surface area contributed by atoms with Crippen molar-refractivity contribution in [1.82, 2.24) is 0 Å². The summed E-state index contributed by atoms with van der Waals surface area (Å²) < 4.78 is 5.99. The summed E-state index contributed by atoms with van der Waals surface area (Å²) in [4.78, 5) is 0. The van der Waals surface area contributed by atoms with Crippen molar-refractivity contribution in [2.75, 3.05) is 0 Å². The Morgan fingerprint density at radius 3 is 2.55 bits per heavy atom. The van der Waals surface area contributed by atoms with E-state index in [4.69, 9.17) is 4.74 Å². The van der Waals surface area contributed by atoms with Gasteiger partial charge in [0.1, 0.15) is 11.9 Å². The summed E-state index contributed by atoms with van der Waals surface area (Å²) in [5.41, 5.74) is 0.948. The van der Waals surface area contributed by atoms with Crippen LogP contribution in [0.15, 0.2) is 24.3 Å². The lowest BCUT2D eigenvalue weighted by Crippen LogP contribution is -2.25. The summed E-state index contributed by atoms with van der Waals surface area (Å²) in [7, 11) is 0. The lowest BCUT2D eigenvalue weighted by Gasteiger charge is -2.29. The zero-order valence-electron chi connectivity index (χ0n) is 12.7. The normalized spacial score (nSPS) is 21.3. The van der Waals surface area contributed by atoms with E-state index in [0.717, 1.165) is 24.2 Å². The maximum atomic E-state index is 10.2. The van der Waals surface area contributed by atoms with Crippen molar-refractivity contribution < 1.29 is 9.84 Å². The largest absolute Gasteiger partial charge is 0.490 e. The Kier molecular flexibility index (Phi) is 6.38. The van der Waals surface area contributed by atoms with E-state index in [0.29, 0.717) is 0 Å². The number of rotatable bonds is 8. The molecular formula is C18H28O2. The monoisotopic (exact) mass is 276 g/mol. The summed E-state index contributed by atoms with van der Waals surface area (Å²) in [5, 5.41) is 10.2. The van der Waals surface area contributed by atoms with E-state index in [2.05, 4.69) is 6.92 Å². The highest BCUT2D eigenvalue weighted by molar-refractivity contribution is 5.36. The van der Waals surface area contributed by atoms with Crippen molar-refractivity contribution in [3.8, 4) is 5.75 Å². The lowest BCUT2D eigenvalue weighted by molar-refractivity contribution is 0.0605. The number of aliphatic hydroxyl groups is 1. The minimum Gasteiger partial charge on any atom is -0.490 e. The maximum Gasteiger partial charge on any atom is 0.125 e. The summed E-state index contributed by atoms with van der Waals surface area (Å²) in [6.07, 6.45) is 10.9. The van der Waals surface area contributed by atoms with Crippen LogP contribution in [-0.4, -0.2) is 11.2 Å². The van der Waals surface area contributed by atoms with Gasteiger partial charge < -0.3 is 9.84 Å². The van der Waals surface area contributed by atoms with E-state index >= 15 is 0 Å². The van der Waals surface area contributed by atoms with Crippen LogP contribution in [0.4, 0.5) is 0 Å². The van der Waals surface area contributed by atoms with Gasteiger partial charge in [-0.05, 0) is 18.9 Å². The molecule has 0 saturated heterocycles. The molecule has 0 fully saturated rings. The molecular weight excluding hydrogens is 248 g/mol. The first kappa shape index (κ1) is 15.4. The maximum absolute atomic E-state index is 10.2. The van der Waals surface area contributed by atoms with Gasteiger partial charge in [0.2, 0.25) is 0 Å². The molecule has 1 aromatic carbocycles. The average molecular weight is 276 g/mol. The van der Waals surface area contributed by atoms with Crippen LogP contribution >= 0.6 is 0 Å². The molecule has 0 aromatic heterocycles. The Morgan fingerprint density at radius 1 is 1.05 bits per heavy atom. The zero-order valence-corrected chi connectivity index (χ0v) is 12.7. The Hall–Kier alpha value is -1.02. The number of fused-ring (bicyclic) bond motifs is 1. The van der Waals surface area contributed by atoms with Gasteiger partial charge in [-0.15, -0.1) is 0 Å². The molecule has 0 radical (unpaired) electrons. The van der Waals surface area contributed by atoms with Gasteiger partial charge in [0.05, 0.1) is 6.10 Å². The molecule has 0 aliphatic carbocycles. The average Bonchev–Trinajstić information content (AvgIpc) is 2.46. The van der Waals surface area contributed by atoms with Crippen LogP contribution in [0.2, 0.25) is 0 Å². The van der Waals surface area contributed by atoms with Gasteiger partial charge in [0, 0.05) is 12.0 Å². The SMILES string of the molecule is CCCCCCCCCC1C[C@H](O)c2ccccc2O1. The van der Waals surface area contributed by atoms with Gasteiger partial charge in [-0.1, -0.05) is 63.6 Å². The molecule has 112 valence electrons. The molecule has 1 aliphatic rings. The number of para-hydroxylation sites is 1. The number of ether oxygens (including phenoxy) is 1. The van der Waals surface area contributed by atoms with E-state index < -0.39 is 0 Å². The Labute approximate surface area is 123 Å². The molecule has 1 unspecified atom stereocenters. The predicted molar refractivity (Wildman–Crippen MR) is 83.0 cm³/mol. The van der Waals surface area contributed by atoms with Crippen LogP contribution in [0.1, 0.15) is 76.4 Å². The van der Waals surface area contributed by atoms with E-state index in [1.54, 1.807) is 0 Å². The first-order valence-electron chi connectivity index (χ1n) is 8.25. The molecule has 2 rings (SSSR count). The topological polar surface area (TPSA) is 29.5 Å². The van der Waals surface area contributed by atoms with Crippen LogP contribution in [0.25, 0.3) is 0 Å². The van der Waals surface area contributed by atoms with Crippen molar-refractivity contribution in [2.45, 2.75) is 76.9 Å². The summed E-state index contributed by atoms with van der Waals surface area (Å²) >= 11 is 0. The lowest BCUT2D eigenvalue weighted by atomic mass is 9.96. The molecule has 20 heavy (non-hydrogen) atoms. The molecule has 0 spiro atoms. The summed E-state index contributed by atoms with van der Waals surface area (Å²) in [6.45, 7) is 2.25. The number of unbranched alkanes of at least 4 members (excludes halogenated alkanes) is 6. The third-order valence-electron chi connectivity index (χ3n) is 4.19. The third-order valence-corrected chi connectivity index (χ3v) is 4.19. The summed E-state index contributed by atoms with van der Waals surface area (Å²) in [6, 6.07) is 7.86. The molecule has 2 atom stereocenters. The van der Waals surface area contributed by atoms with E-state index in [9.17, 15) is 5.11 Å². The molecule has 1 aliphatic heterocycles. The Morgan fingerprint density at radius 2 is 1.75 bits per heavy atom. The molecule has 1 aromatic rings. The van der Waals surface area contributed by atoms with Crippen molar-refractivity contribution in [3.63, 3.8) is 0 Å². The quantitative estimate of drug-likeness (QED) is 0.676. The molecule has 0 saturated carbocycles. The molecule has 0 amide bonds. The van der Waals surface area contributed by atoms with Crippen LogP contribution in [0, 0.1) is 0 Å². The molecule has 2 heteroatoms. The molecule has 2 nitrogen and oxygen atoms in total. The van der Waals surface area contributed by atoms with Gasteiger partial charge >= 0.3 is 0 Å². The first-order chi connectivity index (χ1) is 9.81. The minimum atomic E-state index is -0.352. The van der Waals surface area contributed by atoms with Gasteiger partial charge in [0.15, 0.2) is 0 Å². The number of aliphatic hydroxyl groups excluding tert-OH is 1. The highest BCUT2D eigenvalue weighted by Gasteiger charge is 2.25. The van der Waals surface area contributed by atoms with E-state index in [-0.39, 0.29) is 12.2 Å². The Balaban J connectivity index is 1.66. The van der Waals surface area contributed by atoms with Crippen LogP contribution in [-0.2, 0) is 0 Å². The number of benzene rings is 1. The predicted octanol–water partition coefficient (Wildman–Crippen LogP) is 5.01. The fourth-order valence-corrected chi connectivity index (χ4v) is 2.97. The first-order valence-corrected chi connectivity index (χ1v) is 8.25. The fraction of sp³-hybridized carbons (Fsp3) is 0.667. The minimum absolute atomic E-state index is 0.190. The van der Waals surface area contributed by atoms with Crippen LogP contribution < -0.4 is 4.74 Å². The summed E-state index contributed by atoms with van der Waals surface area (Å²) in [5.74, 6) is 0.874. The van der Waals surface area contributed by atoms with Gasteiger partial charge in [-0.2, -0.15) is 0 Å². The van der Waals surface area contributed by atoms with Crippen LogP contribution in [0.3, 0.4) is 0 Å². The standard InChI is InChI=1S/C18H28O2/c1-2-3-4-5-6-7-8-11-15-14-17(19)16-12-9-10-13-18(16)20-15/h9-10,12-13,15,17,19H,2-8,11,14H2,1H3/t15?,17-/m0/s1. The second-order valence-corrected chi connectivity index (χ2v) is 5.94. The second-order valence-electron chi connectivity index (χ2n) is 5.94. The third kappa shape index (κ3) is 4.52. The molecule has 0 bridgehead atoms. The van der Waals surface area contributed by atoms with Crippen molar-refractivity contribution in [1.29, 1.82) is 0 Å². The number of hydrogen-bond acceptors (Lipinski definition) is 2. The van der Waals surface area contributed by atoms with E-state index in [1.165, 1.54) is 44.9 Å². The molecule has 1 heterocycles. The highest BCUT2D eigenvalue weighted by Crippen LogP contribution is 2.35. The number of hydrogen-bond donors (Lipinski definition) is 1. The zero-order chi connectivity index (χ0) is 14.2. The second kappa shape index (κ2) is 8.31. The fourth-order valence-electron chi connectivity index (χ4n) is 2.97. The highest BCUT2D eigenvalue weighted by atomic mass is 16.5. The van der Waals surface area contributed by atoms with Crippen LogP contribution in [0.5, 0.6) is 5.75 Å². The Bertz CT molecular complexity index is 389. The van der Waals surface area contributed by atoms with Crippen molar-refractivity contribution in [3.05, 3.63) is 29.8 Å². The van der Waals surface area contributed by atoms with Crippen molar-refractivity contribution in [2.24, 2.45) is 0 Å².